The first-order chi connectivity index (χ1) is 10.8. The second-order valence-corrected chi connectivity index (χ2v) is 5.73. The van der Waals surface area contributed by atoms with Crippen LogP contribution >= 0.6 is 0 Å². The molecular weight excluding hydrogens is 302 g/mol. The van der Waals surface area contributed by atoms with Crippen molar-refractivity contribution < 1.29 is 23.8 Å². The number of nitrogens with zero attached hydrogens (tertiary/aromatic N) is 2. The molecule has 1 aliphatic heterocycles. The van der Waals surface area contributed by atoms with Gasteiger partial charge < -0.3 is 19.6 Å². The minimum absolute atomic E-state index is 0.0153. The van der Waals surface area contributed by atoms with Gasteiger partial charge in [-0.05, 0) is 25.0 Å². The molecule has 0 saturated heterocycles. The molecule has 1 amide bonds. The van der Waals surface area contributed by atoms with E-state index in [0.717, 1.165) is 0 Å². The number of fused-ring (bicyclic) bond motifs is 1. The molecule has 0 radical (unpaired) electrons. The lowest BCUT2D eigenvalue weighted by atomic mass is 9.89. The highest BCUT2D eigenvalue weighted by Gasteiger charge is 2.43. The van der Waals surface area contributed by atoms with Crippen LogP contribution < -0.4 is 10.1 Å². The number of aliphatic imine (C=N–C) groups is 1. The monoisotopic (exact) mass is 317 g/mol. The Morgan fingerprint density at radius 1 is 1.48 bits per heavy atom. The molecule has 0 aliphatic carbocycles. The number of rotatable bonds is 3. The van der Waals surface area contributed by atoms with Gasteiger partial charge in [0.15, 0.2) is 17.3 Å². The molecule has 120 valence electrons. The number of amidine groups is 1. The molecule has 0 spiro atoms. The van der Waals surface area contributed by atoms with Gasteiger partial charge in [0, 0.05) is 5.39 Å². The first-order valence-corrected chi connectivity index (χ1v) is 7.02. The Labute approximate surface area is 131 Å². The zero-order valence-corrected chi connectivity index (χ0v) is 12.8. The van der Waals surface area contributed by atoms with Crippen LogP contribution in [-0.4, -0.2) is 33.5 Å². The average molecular weight is 317 g/mol. The van der Waals surface area contributed by atoms with Gasteiger partial charge in [-0.3, -0.25) is 4.79 Å². The Morgan fingerprint density at radius 2 is 2.22 bits per heavy atom. The predicted octanol–water partition coefficient (Wildman–Crippen LogP) is 2.18. The highest BCUT2D eigenvalue weighted by molar-refractivity contribution is 6.16. The van der Waals surface area contributed by atoms with Crippen LogP contribution in [0.5, 0.6) is 5.75 Å². The second-order valence-electron chi connectivity index (χ2n) is 5.73. The van der Waals surface area contributed by atoms with E-state index in [9.17, 15) is 9.59 Å². The highest BCUT2D eigenvalue weighted by atomic mass is 16.7. The summed E-state index contributed by atoms with van der Waals surface area (Å²) >= 11 is 0. The molecule has 8 heteroatoms. The number of carboxylic acid groups (broad SMARTS) is 1. The van der Waals surface area contributed by atoms with Crippen LogP contribution in [0.25, 0.3) is 11.1 Å². The van der Waals surface area contributed by atoms with Crippen molar-refractivity contribution in [3.63, 3.8) is 0 Å². The zero-order valence-electron chi connectivity index (χ0n) is 12.8. The van der Waals surface area contributed by atoms with Crippen LogP contribution in [0, 0.1) is 5.92 Å². The number of hydrogen-bond donors (Lipinski definition) is 2. The predicted molar refractivity (Wildman–Crippen MR) is 80.6 cm³/mol. The van der Waals surface area contributed by atoms with Crippen molar-refractivity contribution in [2.24, 2.45) is 10.9 Å². The number of hydrogen-bond acceptors (Lipinski definition) is 6. The van der Waals surface area contributed by atoms with Gasteiger partial charge in [-0.15, -0.1) is 0 Å². The number of carbonyl (C=O) groups is 2. The summed E-state index contributed by atoms with van der Waals surface area (Å²) in [6.07, 6.45) is -0.0494. The standard InChI is InChI=1S/C15H15N3O5/c1-7(2)15(3)13(19)17-11(18-15)10-9(23-14(20)21)6-8-4-5-22-12(8)16-10/h4-7H,1-3H3,(H,20,21)(H,17,18,19). The highest BCUT2D eigenvalue weighted by Crippen LogP contribution is 2.30. The van der Waals surface area contributed by atoms with Gasteiger partial charge in [0.1, 0.15) is 5.54 Å². The molecule has 0 saturated carbocycles. The van der Waals surface area contributed by atoms with Crippen molar-refractivity contribution in [3.8, 4) is 5.75 Å². The van der Waals surface area contributed by atoms with Gasteiger partial charge >= 0.3 is 6.16 Å². The third-order valence-electron chi connectivity index (χ3n) is 3.99. The number of carbonyl (C=O) groups excluding carboxylic acids is 1. The van der Waals surface area contributed by atoms with Crippen molar-refractivity contribution in [2.45, 2.75) is 26.3 Å². The normalized spacial score (nSPS) is 20.7. The maximum Gasteiger partial charge on any atom is 0.511 e. The first kappa shape index (κ1) is 15.0. The largest absolute Gasteiger partial charge is 0.511 e. The van der Waals surface area contributed by atoms with Crippen LogP contribution in [0.1, 0.15) is 26.5 Å². The summed E-state index contributed by atoms with van der Waals surface area (Å²) in [5.74, 6) is -0.166. The van der Waals surface area contributed by atoms with Crippen LogP contribution in [0.15, 0.2) is 27.8 Å². The molecule has 0 fully saturated rings. The fourth-order valence-electron chi connectivity index (χ4n) is 2.27. The molecule has 0 aromatic carbocycles. The van der Waals surface area contributed by atoms with Crippen molar-refractivity contribution >= 4 is 29.0 Å². The molecule has 23 heavy (non-hydrogen) atoms. The summed E-state index contributed by atoms with van der Waals surface area (Å²) < 4.78 is 10.0. The van der Waals surface area contributed by atoms with Crippen LogP contribution in [0.2, 0.25) is 0 Å². The summed E-state index contributed by atoms with van der Waals surface area (Å²) in [5, 5.41) is 12.1. The topological polar surface area (TPSA) is 114 Å². The first-order valence-electron chi connectivity index (χ1n) is 7.02. The van der Waals surface area contributed by atoms with E-state index in [4.69, 9.17) is 14.3 Å². The van der Waals surface area contributed by atoms with Gasteiger partial charge in [-0.1, -0.05) is 13.8 Å². The van der Waals surface area contributed by atoms with E-state index in [1.54, 1.807) is 13.0 Å². The minimum atomic E-state index is -1.48. The Balaban J connectivity index is 2.15. The fraction of sp³-hybridized carbons (Fsp3) is 0.333. The maximum absolute atomic E-state index is 12.2. The number of nitrogens with one attached hydrogen (secondary N) is 1. The molecule has 2 N–H and O–H groups in total. The smallest absolute Gasteiger partial charge is 0.449 e. The van der Waals surface area contributed by atoms with Crippen molar-refractivity contribution in [3.05, 3.63) is 24.1 Å². The maximum atomic E-state index is 12.2. The fourth-order valence-corrected chi connectivity index (χ4v) is 2.27. The third-order valence-corrected chi connectivity index (χ3v) is 3.99. The van der Waals surface area contributed by atoms with Crippen molar-refractivity contribution in [1.29, 1.82) is 0 Å². The molecule has 1 aliphatic rings. The Hall–Kier alpha value is -2.90. The van der Waals surface area contributed by atoms with E-state index < -0.39 is 11.7 Å². The summed E-state index contributed by atoms with van der Waals surface area (Å²) in [5.41, 5.74) is -0.532. The molecule has 3 heterocycles. The lowest BCUT2D eigenvalue weighted by Crippen LogP contribution is -2.41. The van der Waals surface area contributed by atoms with Gasteiger partial charge in [0.25, 0.3) is 5.91 Å². The van der Waals surface area contributed by atoms with Crippen LogP contribution in [-0.2, 0) is 4.79 Å². The van der Waals surface area contributed by atoms with E-state index in [1.165, 1.54) is 12.3 Å². The third kappa shape index (κ3) is 2.41. The van der Waals surface area contributed by atoms with Gasteiger partial charge in [-0.25, -0.2) is 14.8 Å². The Kier molecular flexibility index (Phi) is 3.32. The molecule has 1 unspecified atom stereocenters. The number of aromatic nitrogens is 1. The van der Waals surface area contributed by atoms with Crippen LogP contribution in [0.3, 0.4) is 0 Å². The van der Waals surface area contributed by atoms with Gasteiger partial charge in [0.05, 0.1) is 6.26 Å². The van der Waals surface area contributed by atoms with E-state index in [0.29, 0.717) is 11.1 Å². The molecule has 0 bridgehead atoms. The lowest BCUT2D eigenvalue weighted by molar-refractivity contribution is -0.124. The Bertz CT molecular complexity index is 839. The SMILES string of the molecule is CC(C)C1(C)N=C(c2nc3occc3cc2OC(=O)O)NC1=O. The van der Waals surface area contributed by atoms with Gasteiger partial charge in [0.2, 0.25) is 5.71 Å². The van der Waals surface area contributed by atoms with E-state index in [2.05, 4.69) is 15.3 Å². The Morgan fingerprint density at radius 3 is 2.83 bits per heavy atom. The number of furan rings is 1. The van der Waals surface area contributed by atoms with E-state index in [-0.39, 0.29) is 29.1 Å². The quantitative estimate of drug-likeness (QED) is 0.839. The zero-order chi connectivity index (χ0) is 16.8. The molecule has 8 nitrogen and oxygen atoms in total. The van der Waals surface area contributed by atoms with E-state index in [1.807, 2.05) is 13.8 Å². The molecule has 3 rings (SSSR count). The summed E-state index contributed by atoms with van der Waals surface area (Å²) in [4.78, 5) is 31.8. The molecular formula is C15H15N3O5. The molecule has 2 aromatic rings. The average Bonchev–Trinajstić information content (AvgIpc) is 3.02. The summed E-state index contributed by atoms with van der Waals surface area (Å²) in [7, 11) is 0. The molecule has 2 aromatic heterocycles. The minimum Gasteiger partial charge on any atom is -0.449 e. The van der Waals surface area contributed by atoms with Gasteiger partial charge in [-0.2, -0.15) is 0 Å². The van der Waals surface area contributed by atoms with E-state index >= 15 is 0 Å². The summed E-state index contributed by atoms with van der Waals surface area (Å²) in [6, 6.07) is 3.11. The second kappa shape index (κ2) is 5.08. The molecule has 1 atom stereocenters. The number of pyridine rings is 1. The van der Waals surface area contributed by atoms with Crippen LogP contribution in [0.4, 0.5) is 4.79 Å². The lowest BCUT2D eigenvalue weighted by Gasteiger charge is -2.21. The summed E-state index contributed by atoms with van der Waals surface area (Å²) in [6.45, 7) is 5.47. The number of ether oxygens (including phenoxy) is 1. The van der Waals surface area contributed by atoms with Crippen molar-refractivity contribution in [1.82, 2.24) is 10.3 Å². The number of amides is 1. The van der Waals surface area contributed by atoms with Crippen molar-refractivity contribution in [2.75, 3.05) is 0 Å².